The minimum atomic E-state index is -0.250. The van der Waals surface area contributed by atoms with Gasteiger partial charge >= 0.3 is 0 Å². The minimum Gasteiger partial charge on any atom is -0.411 e. The highest BCUT2D eigenvalue weighted by atomic mass is 16.4. The van der Waals surface area contributed by atoms with E-state index in [1.54, 1.807) is 6.92 Å². The predicted octanol–water partition coefficient (Wildman–Crippen LogP) is 1.21. The van der Waals surface area contributed by atoms with E-state index in [4.69, 9.17) is 16.0 Å². The van der Waals surface area contributed by atoms with E-state index in [1.165, 1.54) is 6.21 Å². The van der Waals surface area contributed by atoms with Gasteiger partial charge in [-0.05, 0) is 26.2 Å². The number of aliphatic hydroxyl groups is 1. The van der Waals surface area contributed by atoms with Gasteiger partial charge in [0.1, 0.15) is 0 Å². The zero-order valence-corrected chi connectivity index (χ0v) is 8.94. The molecule has 0 spiro atoms. The van der Waals surface area contributed by atoms with Gasteiger partial charge in [0.05, 0.1) is 6.10 Å². The van der Waals surface area contributed by atoms with Crippen LogP contribution in [0.15, 0.2) is 5.16 Å². The van der Waals surface area contributed by atoms with Crippen molar-refractivity contribution in [1.29, 1.82) is 0 Å². The van der Waals surface area contributed by atoms with Crippen LogP contribution in [0.2, 0.25) is 0 Å². The Hall–Kier alpha value is -0.610. The fourth-order valence-electron chi connectivity index (χ4n) is 0.671. The number of oxime groups is 1. The van der Waals surface area contributed by atoms with E-state index in [9.17, 15) is 0 Å². The molecule has 0 fully saturated rings. The maximum atomic E-state index is 8.64. The lowest BCUT2D eigenvalue weighted by atomic mass is 10.2. The molecule has 0 aromatic rings. The van der Waals surface area contributed by atoms with E-state index < -0.39 is 0 Å². The normalized spacial score (nSPS) is 15.3. The molecule has 0 saturated heterocycles. The van der Waals surface area contributed by atoms with Crippen molar-refractivity contribution in [1.82, 2.24) is 0 Å². The second-order valence-electron chi connectivity index (χ2n) is 3.57. The number of rotatable bonds is 3. The Morgan fingerprint density at radius 1 is 1.31 bits per heavy atom. The standard InChI is InChI=1S/C5H13NO.C4H9NO/c1-4(6)3-5(2)7;1-4(2)3-5-6/h4-5,7H,3,6H2,1-2H3;3-4,6H,1-2H3/b;5-3-. The summed E-state index contributed by atoms with van der Waals surface area (Å²) < 4.78 is 0. The molecule has 2 atom stereocenters. The fourth-order valence-corrected chi connectivity index (χ4v) is 0.671. The van der Waals surface area contributed by atoms with Crippen LogP contribution in [0.3, 0.4) is 0 Å². The van der Waals surface area contributed by atoms with Gasteiger partial charge < -0.3 is 16.0 Å². The molecule has 0 amide bonds. The summed E-state index contributed by atoms with van der Waals surface area (Å²) in [6, 6.07) is 0.125. The number of nitrogens with zero attached hydrogens (tertiary/aromatic N) is 1. The Labute approximate surface area is 80.4 Å². The predicted molar refractivity (Wildman–Crippen MR) is 55.1 cm³/mol. The molecular formula is C9H22N2O2. The van der Waals surface area contributed by atoms with E-state index >= 15 is 0 Å². The largest absolute Gasteiger partial charge is 0.411 e. The first-order valence-corrected chi connectivity index (χ1v) is 4.51. The van der Waals surface area contributed by atoms with Crippen molar-refractivity contribution in [2.75, 3.05) is 0 Å². The first-order valence-electron chi connectivity index (χ1n) is 4.51. The highest BCUT2D eigenvalue weighted by Crippen LogP contribution is 1.91. The van der Waals surface area contributed by atoms with Gasteiger partial charge in [0.25, 0.3) is 0 Å². The molecule has 4 heteroatoms. The minimum absolute atomic E-state index is 0.125. The number of aliphatic hydroxyl groups excluding tert-OH is 1. The van der Waals surface area contributed by atoms with Crippen LogP contribution >= 0.6 is 0 Å². The summed E-state index contributed by atoms with van der Waals surface area (Å²) in [5.74, 6) is 0.356. The third kappa shape index (κ3) is 24.6. The lowest BCUT2D eigenvalue weighted by Crippen LogP contribution is -2.20. The van der Waals surface area contributed by atoms with Crippen molar-refractivity contribution in [2.45, 2.75) is 46.3 Å². The molecule has 80 valence electrons. The van der Waals surface area contributed by atoms with Crippen molar-refractivity contribution in [3.8, 4) is 0 Å². The van der Waals surface area contributed by atoms with Crippen LogP contribution in [-0.4, -0.2) is 28.7 Å². The van der Waals surface area contributed by atoms with Crippen LogP contribution in [0.1, 0.15) is 34.1 Å². The second-order valence-corrected chi connectivity index (χ2v) is 3.57. The van der Waals surface area contributed by atoms with Gasteiger partial charge in [-0.15, -0.1) is 5.16 Å². The molecule has 0 aromatic heterocycles. The molecule has 0 radical (unpaired) electrons. The monoisotopic (exact) mass is 190 g/mol. The number of hydrogen-bond acceptors (Lipinski definition) is 4. The smallest absolute Gasteiger partial charge is 0.0526 e. The van der Waals surface area contributed by atoms with E-state index in [0.29, 0.717) is 12.3 Å². The van der Waals surface area contributed by atoms with Gasteiger partial charge in [0, 0.05) is 12.3 Å². The average Bonchev–Trinajstić information content (AvgIpc) is 1.83. The lowest BCUT2D eigenvalue weighted by Gasteiger charge is -2.05. The molecule has 0 rings (SSSR count). The summed E-state index contributed by atoms with van der Waals surface area (Å²) in [6.45, 7) is 7.51. The SMILES string of the molecule is CC(C)/C=N\O.CC(N)CC(C)O. The van der Waals surface area contributed by atoms with Crippen molar-refractivity contribution >= 4 is 6.21 Å². The molecule has 0 bridgehead atoms. The van der Waals surface area contributed by atoms with Crippen molar-refractivity contribution in [3.63, 3.8) is 0 Å². The fraction of sp³-hybridized carbons (Fsp3) is 0.889. The highest BCUT2D eigenvalue weighted by molar-refractivity contribution is 5.58. The molecule has 0 aliphatic rings. The van der Waals surface area contributed by atoms with Gasteiger partial charge in [-0.2, -0.15) is 0 Å². The summed E-state index contributed by atoms with van der Waals surface area (Å²) in [4.78, 5) is 0. The van der Waals surface area contributed by atoms with Crippen molar-refractivity contribution < 1.29 is 10.3 Å². The Morgan fingerprint density at radius 2 is 1.77 bits per heavy atom. The first-order chi connectivity index (χ1) is 5.90. The van der Waals surface area contributed by atoms with Crippen LogP contribution in [-0.2, 0) is 0 Å². The zero-order chi connectivity index (χ0) is 10.9. The van der Waals surface area contributed by atoms with Gasteiger partial charge in [0.2, 0.25) is 0 Å². The maximum Gasteiger partial charge on any atom is 0.0526 e. The molecule has 0 heterocycles. The number of nitrogens with two attached hydrogens (primary N) is 1. The third-order valence-electron chi connectivity index (χ3n) is 1.08. The van der Waals surface area contributed by atoms with E-state index in [2.05, 4.69) is 5.16 Å². The van der Waals surface area contributed by atoms with Crippen LogP contribution in [0.4, 0.5) is 0 Å². The van der Waals surface area contributed by atoms with Crippen LogP contribution in [0.25, 0.3) is 0 Å². The number of hydrogen-bond donors (Lipinski definition) is 3. The molecular weight excluding hydrogens is 168 g/mol. The van der Waals surface area contributed by atoms with Gasteiger partial charge in [0.15, 0.2) is 0 Å². The molecule has 13 heavy (non-hydrogen) atoms. The second kappa shape index (κ2) is 9.48. The first kappa shape index (κ1) is 14.9. The van der Waals surface area contributed by atoms with E-state index in [1.807, 2.05) is 20.8 Å². The van der Waals surface area contributed by atoms with E-state index in [-0.39, 0.29) is 12.1 Å². The van der Waals surface area contributed by atoms with Gasteiger partial charge in [-0.25, -0.2) is 0 Å². The third-order valence-corrected chi connectivity index (χ3v) is 1.08. The molecule has 0 aliphatic heterocycles. The quantitative estimate of drug-likeness (QED) is 0.355. The summed E-state index contributed by atoms with van der Waals surface area (Å²) >= 11 is 0. The average molecular weight is 190 g/mol. The highest BCUT2D eigenvalue weighted by Gasteiger charge is 1.97. The van der Waals surface area contributed by atoms with Crippen LogP contribution in [0, 0.1) is 5.92 Å². The molecule has 4 N–H and O–H groups in total. The lowest BCUT2D eigenvalue weighted by molar-refractivity contribution is 0.177. The van der Waals surface area contributed by atoms with Crippen molar-refractivity contribution in [3.05, 3.63) is 0 Å². The topological polar surface area (TPSA) is 78.8 Å². The van der Waals surface area contributed by atoms with Crippen LogP contribution < -0.4 is 5.73 Å². The Morgan fingerprint density at radius 3 is 1.77 bits per heavy atom. The zero-order valence-electron chi connectivity index (χ0n) is 8.94. The Balaban J connectivity index is 0. The van der Waals surface area contributed by atoms with Gasteiger partial charge in [-0.1, -0.05) is 13.8 Å². The van der Waals surface area contributed by atoms with Crippen molar-refractivity contribution in [2.24, 2.45) is 16.8 Å². The molecule has 2 unspecified atom stereocenters. The molecule has 4 nitrogen and oxygen atoms in total. The molecule has 0 aromatic carbocycles. The summed E-state index contributed by atoms with van der Waals surface area (Å²) in [6.07, 6.45) is 1.92. The van der Waals surface area contributed by atoms with E-state index in [0.717, 1.165) is 0 Å². The summed E-state index contributed by atoms with van der Waals surface area (Å²) in [5, 5.41) is 19.3. The molecule has 0 aliphatic carbocycles. The summed E-state index contributed by atoms with van der Waals surface area (Å²) in [7, 11) is 0. The molecule has 0 saturated carbocycles. The van der Waals surface area contributed by atoms with Gasteiger partial charge in [-0.3, -0.25) is 0 Å². The maximum absolute atomic E-state index is 8.64. The Bertz CT molecular complexity index is 117. The summed E-state index contributed by atoms with van der Waals surface area (Å²) in [5.41, 5.74) is 5.33. The Kier molecular flexibility index (Phi) is 10.9. The van der Waals surface area contributed by atoms with Crippen LogP contribution in [0.5, 0.6) is 0 Å².